The number of hydrogen-bond donors (Lipinski definition) is 3. The van der Waals surface area contributed by atoms with Gasteiger partial charge in [0.15, 0.2) is 0 Å². The Kier molecular flexibility index (Phi) is 4.39. The number of aliphatic hydroxyl groups excluding tert-OH is 1. The van der Waals surface area contributed by atoms with Crippen molar-refractivity contribution < 1.29 is 10.2 Å². The van der Waals surface area contributed by atoms with Crippen molar-refractivity contribution in [2.45, 2.75) is 6.04 Å². The minimum atomic E-state index is -0.0569. The molecule has 4 nitrogen and oxygen atoms in total. The van der Waals surface area contributed by atoms with Gasteiger partial charge in [-0.3, -0.25) is 4.90 Å². The van der Waals surface area contributed by atoms with Gasteiger partial charge in [-0.2, -0.15) is 0 Å². The summed E-state index contributed by atoms with van der Waals surface area (Å²) < 4.78 is 0.924. The number of phenols is 1. The molecular formula is C12H17BrN2O2. The Labute approximate surface area is 109 Å². The molecule has 0 amide bonds. The van der Waals surface area contributed by atoms with Gasteiger partial charge in [-0.1, -0.05) is 15.9 Å². The zero-order chi connectivity index (χ0) is 12.3. The standard InChI is InChI=1S/C12H17BrN2O2/c13-11-2-1-9(17)7-10(11)12(8-16)15-5-3-14-4-6-15/h1-2,7,12,14,16-17H,3-6,8H2/t12-/m1/s1. The van der Waals surface area contributed by atoms with E-state index in [-0.39, 0.29) is 18.4 Å². The number of nitrogens with zero attached hydrogens (tertiary/aromatic N) is 1. The zero-order valence-corrected chi connectivity index (χ0v) is 11.2. The molecule has 1 heterocycles. The molecule has 94 valence electrons. The molecule has 5 heteroatoms. The second kappa shape index (κ2) is 5.82. The molecule has 0 radical (unpaired) electrons. The van der Waals surface area contributed by atoms with E-state index in [4.69, 9.17) is 0 Å². The van der Waals surface area contributed by atoms with Crippen LogP contribution >= 0.6 is 15.9 Å². The van der Waals surface area contributed by atoms with Crippen LogP contribution in [-0.2, 0) is 0 Å². The van der Waals surface area contributed by atoms with Gasteiger partial charge in [0.2, 0.25) is 0 Å². The minimum Gasteiger partial charge on any atom is -0.508 e. The first-order valence-corrected chi connectivity index (χ1v) is 6.55. The average molecular weight is 301 g/mol. The number of aromatic hydroxyl groups is 1. The first kappa shape index (κ1) is 12.8. The fourth-order valence-electron chi connectivity index (χ4n) is 2.19. The van der Waals surface area contributed by atoms with Crippen molar-refractivity contribution in [3.8, 4) is 5.75 Å². The van der Waals surface area contributed by atoms with Gasteiger partial charge in [-0.15, -0.1) is 0 Å². The lowest BCUT2D eigenvalue weighted by atomic mass is 10.0. The number of aliphatic hydroxyl groups is 1. The summed E-state index contributed by atoms with van der Waals surface area (Å²) >= 11 is 3.47. The fraction of sp³-hybridized carbons (Fsp3) is 0.500. The van der Waals surface area contributed by atoms with Crippen LogP contribution in [0.4, 0.5) is 0 Å². The molecule has 2 rings (SSSR count). The highest BCUT2D eigenvalue weighted by Gasteiger charge is 2.23. The van der Waals surface area contributed by atoms with E-state index in [1.165, 1.54) is 0 Å². The van der Waals surface area contributed by atoms with E-state index in [1.54, 1.807) is 12.1 Å². The highest BCUT2D eigenvalue weighted by atomic mass is 79.9. The molecule has 3 N–H and O–H groups in total. The predicted molar refractivity (Wildman–Crippen MR) is 70.1 cm³/mol. The number of nitrogens with one attached hydrogen (secondary N) is 1. The summed E-state index contributed by atoms with van der Waals surface area (Å²) in [6.07, 6.45) is 0. The van der Waals surface area contributed by atoms with Crippen LogP contribution in [0.5, 0.6) is 5.75 Å². The van der Waals surface area contributed by atoms with Gasteiger partial charge in [0.25, 0.3) is 0 Å². The van der Waals surface area contributed by atoms with Crippen LogP contribution in [-0.4, -0.2) is 47.9 Å². The van der Waals surface area contributed by atoms with E-state index in [0.717, 1.165) is 36.2 Å². The highest BCUT2D eigenvalue weighted by Crippen LogP contribution is 2.30. The molecule has 1 aromatic carbocycles. The van der Waals surface area contributed by atoms with E-state index < -0.39 is 0 Å². The number of benzene rings is 1. The van der Waals surface area contributed by atoms with E-state index in [0.29, 0.717) is 0 Å². The van der Waals surface area contributed by atoms with Gasteiger partial charge in [0.1, 0.15) is 5.75 Å². The largest absolute Gasteiger partial charge is 0.508 e. The summed E-state index contributed by atoms with van der Waals surface area (Å²) in [5.74, 6) is 0.233. The summed E-state index contributed by atoms with van der Waals surface area (Å²) in [5.41, 5.74) is 0.939. The molecule has 1 saturated heterocycles. The topological polar surface area (TPSA) is 55.7 Å². The quantitative estimate of drug-likeness (QED) is 0.782. The molecule has 0 aliphatic carbocycles. The summed E-state index contributed by atoms with van der Waals surface area (Å²) in [6.45, 7) is 3.75. The summed E-state index contributed by atoms with van der Waals surface area (Å²) in [5, 5.41) is 22.4. The van der Waals surface area contributed by atoms with Crippen molar-refractivity contribution in [2.75, 3.05) is 32.8 Å². The van der Waals surface area contributed by atoms with Gasteiger partial charge in [-0.25, -0.2) is 0 Å². The van der Waals surface area contributed by atoms with Gasteiger partial charge >= 0.3 is 0 Å². The SMILES string of the molecule is OC[C@H](c1cc(O)ccc1Br)N1CCNCC1. The lowest BCUT2D eigenvalue weighted by molar-refractivity contribution is 0.110. The third-order valence-electron chi connectivity index (χ3n) is 3.10. The molecule has 1 fully saturated rings. The number of rotatable bonds is 3. The first-order valence-electron chi connectivity index (χ1n) is 5.76. The Bertz CT molecular complexity index is 381. The van der Waals surface area contributed by atoms with E-state index >= 15 is 0 Å². The molecule has 0 bridgehead atoms. The molecule has 17 heavy (non-hydrogen) atoms. The summed E-state index contributed by atoms with van der Waals surface area (Å²) in [6, 6.07) is 5.11. The average Bonchev–Trinajstić information content (AvgIpc) is 2.36. The molecule has 0 spiro atoms. The third-order valence-corrected chi connectivity index (χ3v) is 3.83. The van der Waals surface area contributed by atoms with Crippen LogP contribution in [0.1, 0.15) is 11.6 Å². The second-order valence-corrected chi connectivity index (χ2v) is 5.04. The molecule has 1 aliphatic heterocycles. The van der Waals surface area contributed by atoms with Crippen LogP contribution < -0.4 is 5.32 Å². The first-order chi connectivity index (χ1) is 8.22. The Hall–Kier alpha value is -0.620. The van der Waals surface area contributed by atoms with Gasteiger partial charge in [-0.05, 0) is 23.8 Å². The number of halogens is 1. The Morgan fingerprint density at radius 3 is 2.71 bits per heavy atom. The van der Waals surface area contributed by atoms with E-state index in [9.17, 15) is 10.2 Å². The van der Waals surface area contributed by atoms with Crippen molar-refractivity contribution in [3.05, 3.63) is 28.2 Å². The predicted octanol–water partition coefficient (Wildman–Crippen LogP) is 1.09. The molecular weight excluding hydrogens is 284 g/mol. The Morgan fingerprint density at radius 2 is 2.06 bits per heavy atom. The van der Waals surface area contributed by atoms with Gasteiger partial charge < -0.3 is 15.5 Å². The molecule has 0 aromatic heterocycles. The Morgan fingerprint density at radius 1 is 1.35 bits per heavy atom. The summed E-state index contributed by atoms with van der Waals surface area (Å²) in [7, 11) is 0. The van der Waals surface area contributed by atoms with Crippen LogP contribution in [0, 0.1) is 0 Å². The monoisotopic (exact) mass is 300 g/mol. The van der Waals surface area contributed by atoms with Gasteiger partial charge in [0, 0.05) is 30.7 Å². The maximum absolute atomic E-state index is 9.58. The van der Waals surface area contributed by atoms with Crippen LogP contribution in [0.3, 0.4) is 0 Å². The molecule has 0 saturated carbocycles. The van der Waals surface area contributed by atoms with E-state index in [2.05, 4.69) is 26.1 Å². The maximum atomic E-state index is 9.58. The van der Waals surface area contributed by atoms with Crippen LogP contribution in [0.15, 0.2) is 22.7 Å². The van der Waals surface area contributed by atoms with Crippen molar-refractivity contribution >= 4 is 15.9 Å². The smallest absolute Gasteiger partial charge is 0.115 e. The van der Waals surface area contributed by atoms with Crippen molar-refractivity contribution in [3.63, 3.8) is 0 Å². The molecule has 1 aliphatic rings. The fourth-order valence-corrected chi connectivity index (χ4v) is 2.70. The molecule has 1 aromatic rings. The number of hydrogen-bond acceptors (Lipinski definition) is 4. The number of piperazine rings is 1. The van der Waals surface area contributed by atoms with Crippen molar-refractivity contribution in [1.29, 1.82) is 0 Å². The summed E-state index contributed by atoms with van der Waals surface area (Å²) in [4.78, 5) is 2.23. The van der Waals surface area contributed by atoms with Crippen LogP contribution in [0.25, 0.3) is 0 Å². The van der Waals surface area contributed by atoms with Crippen LogP contribution in [0.2, 0.25) is 0 Å². The molecule has 0 unspecified atom stereocenters. The second-order valence-electron chi connectivity index (χ2n) is 4.19. The van der Waals surface area contributed by atoms with E-state index in [1.807, 2.05) is 6.07 Å². The van der Waals surface area contributed by atoms with Gasteiger partial charge in [0.05, 0.1) is 12.6 Å². The lowest BCUT2D eigenvalue weighted by Gasteiger charge is -2.34. The highest BCUT2D eigenvalue weighted by molar-refractivity contribution is 9.10. The zero-order valence-electron chi connectivity index (χ0n) is 9.56. The molecule has 1 atom stereocenters. The maximum Gasteiger partial charge on any atom is 0.115 e. The normalized spacial score (nSPS) is 19.2. The van der Waals surface area contributed by atoms with Crippen molar-refractivity contribution in [2.24, 2.45) is 0 Å². The number of phenolic OH excluding ortho intramolecular Hbond substituents is 1. The van der Waals surface area contributed by atoms with Crippen molar-refractivity contribution in [1.82, 2.24) is 10.2 Å². The third kappa shape index (κ3) is 2.98. The minimum absolute atomic E-state index is 0.0569. The lowest BCUT2D eigenvalue weighted by Crippen LogP contribution is -2.46. The Balaban J connectivity index is 2.24.